The summed E-state index contributed by atoms with van der Waals surface area (Å²) in [6, 6.07) is -1.21. The van der Waals surface area contributed by atoms with Crippen LogP contribution in [0.1, 0.15) is 168 Å². The van der Waals surface area contributed by atoms with E-state index in [0.29, 0.717) is 12.8 Å². The molecule has 0 aromatic carbocycles. The van der Waals surface area contributed by atoms with Crippen LogP contribution in [-0.2, 0) is 37.5 Å². The first-order valence-electron chi connectivity index (χ1n) is 18.5. The van der Waals surface area contributed by atoms with Crippen LogP contribution < -0.4 is 5.32 Å². The summed E-state index contributed by atoms with van der Waals surface area (Å²) in [5.74, 6) is -2.20. The first kappa shape index (κ1) is 45.5. The molecule has 0 saturated carbocycles. The zero-order valence-electron chi connectivity index (χ0n) is 29.9. The summed E-state index contributed by atoms with van der Waals surface area (Å²) in [5, 5.41) is 11.5. The van der Waals surface area contributed by atoms with E-state index in [1.54, 1.807) is 0 Å². The number of likely N-dealkylation sites (N-methyl/N-ethyl adjacent to an activating group) is 1. The van der Waals surface area contributed by atoms with Gasteiger partial charge in [0.05, 0.1) is 13.2 Å². The topological polar surface area (TPSA) is 158 Å². The maximum Gasteiger partial charge on any atom is 0.472 e. The second-order valence-electron chi connectivity index (χ2n) is 12.6. The van der Waals surface area contributed by atoms with Crippen LogP contribution in [0.3, 0.4) is 0 Å². The fourth-order valence-electron chi connectivity index (χ4n) is 5.15. The molecule has 0 aromatic rings. The monoisotopic (exact) mass is 693 g/mol. The van der Waals surface area contributed by atoms with E-state index in [-0.39, 0.29) is 19.4 Å². The highest BCUT2D eigenvalue weighted by Crippen LogP contribution is 2.43. The predicted molar refractivity (Wildman–Crippen MR) is 185 cm³/mol. The van der Waals surface area contributed by atoms with E-state index in [1.165, 1.54) is 96.9 Å². The molecule has 0 aliphatic rings. The van der Waals surface area contributed by atoms with Crippen molar-refractivity contribution in [3.63, 3.8) is 0 Å². The Bertz CT molecular complexity index is 828. The maximum absolute atomic E-state index is 12.5. The van der Waals surface area contributed by atoms with Gasteiger partial charge in [-0.25, -0.2) is 4.57 Å². The van der Waals surface area contributed by atoms with Gasteiger partial charge in [-0.1, -0.05) is 142 Å². The molecule has 0 aromatic heterocycles. The van der Waals surface area contributed by atoms with Crippen LogP contribution in [0.5, 0.6) is 0 Å². The second-order valence-corrected chi connectivity index (χ2v) is 14.1. The first-order valence-corrected chi connectivity index (χ1v) is 20.0. The molecule has 0 radical (unpaired) electrons. The average molecular weight is 694 g/mol. The van der Waals surface area contributed by atoms with E-state index in [1.807, 2.05) is 0 Å². The van der Waals surface area contributed by atoms with E-state index >= 15 is 0 Å². The molecule has 0 aliphatic heterocycles. The van der Waals surface area contributed by atoms with Gasteiger partial charge in [-0.3, -0.25) is 23.4 Å². The minimum absolute atomic E-state index is 0.177. The predicted octanol–water partition coefficient (Wildman–Crippen LogP) is 8.65. The smallest absolute Gasteiger partial charge is 0.472 e. The number of rotatable bonds is 35. The molecule has 278 valence electrons. The van der Waals surface area contributed by atoms with Crippen molar-refractivity contribution in [2.45, 2.75) is 180 Å². The van der Waals surface area contributed by atoms with Crippen LogP contribution in [-0.4, -0.2) is 66.9 Å². The van der Waals surface area contributed by atoms with Gasteiger partial charge < -0.3 is 24.8 Å². The van der Waals surface area contributed by atoms with Crippen LogP contribution in [0, 0.1) is 0 Å². The Morgan fingerprint density at radius 3 is 1.38 bits per heavy atom. The molecule has 0 fully saturated rings. The number of phosphoric acid groups is 1. The fraction of sp³-hybridized carbons (Fsp3) is 0.914. The standard InChI is InChI=1S/C35H68NO10P/c1-4-6-8-10-12-14-16-18-20-22-24-26-33(37)43-28-31(29-44-47(41,42)45-30-32(36-3)35(39)40)46-34(38)27-25-23-21-19-17-15-13-11-9-7-5-2/h31-32,36H,4-30H2,1-3H3,(H,39,40)(H,41,42). The number of phosphoric ester groups is 1. The molecular weight excluding hydrogens is 625 g/mol. The Morgan fingerprint density at radius 2 is 0.979 bits per heavy atom. The number of unbranched alkanes of at least 4 members (excludes halogenated alkanes) is 20. The maximum atomic E-state index is 12.5. The van der Waals surface area contributed by atoms with Gasteiger partial charge in [0.15, 0.2) is 6.10 Å². The number of carboxylic acid groups (broad SMARTS) is 1. The lowest BCUT2D eigenvalue weighted by atomic mass is 10.1. The Hall–Kier alpha value is -1.52. The van der Waals surface area contributed by atoms with E-state index in [0.717, 1.165) is 38.5 Å². The summed E-state index contributed by atoms with van der Waals surface area (Å²) >= 11 is 0. The molecule has 12 heteroatoms. The van der Waals surface area contributed by atoms with Crippen LogP contribution in [0.2, 0.25) is 0 Å². The lowest BCUT2D eigenvalue weighted by Crippen LogP contribution is -2.37. The number of carbonyl (C=O) groups excluding carboxylic acids is 2. The van der Waals surface area contributed by atoms with Gasteiger partial charge in [0.1, 0.15) is 12.6 Å². The van der Waals surface area contributed by atoms with Gasteiger partial charge in [-0.05, 0) is 19.9 Å². The van der Waals surface area contributed by atoms with Crippen molar-refractivity contribution in [1.29, 1.82) is 0 Å². The molecule has 3 N–H and O–H groups in total. The quantitative estimate of drug-likeness (QED) is 0.0331. The number of esters is 2. The third-order valence-electron chi connectivity index (χ3n) is 8.17. The zero-order chi connectivity index (χ0) is 35.0. The van der Waals surface area contributed by atoms with E-state index in [4.69, 9.17) is 23.6 Å². The molecule has 11 nitrogen and oxygen atoms in total. The molecular formula is C35H68NO10P. The number of hydrogen-bond acceptors (Lipinski definition) is 9. The molecule has 3 atom stereocenters. The Balaban J connectivity index is 4.53. The highest BCUT2D eigenvalue weighted by atomic mass is 31.2. The first-order chi connectivity index (χ1) is 22.6. The van der Waals surface area contributed by atoms with Gasteiger partial charge in [-0.2, -0.15) is 0 Å². The molecule has 0 rings (SSSR count). The lowest BCUT2D eigenvalue weighted by molar-refractivity contribution is -0.161. The Kier molecular flexibility index (Phi) is 30.7. The average Bonchev–Trinajstić information content (AvgIpc) is 3.03. The molecule has 3 unspecified atom stereocenters. The van der Waals surface area contributed by atoms with Crippen molar-refractivity contribution < 1.29 is 47.5 Å². The summed E-state index contributed by atoms with van der Waals surface area (Å²) in [4.78, 5) is 46.1. The van der Waals surface area contributed by atoms with Crippen LogP contribution in [0.4, 0.5) is 0 Å². The van der Waals surface area contributed by atoms with Crippen LogP contribution in [0.15, 0.2) is 0 Å². The van der Waals surface area contributed by atoms with Gasteiger partial charge in [-0.15, -0.1) is 0 Å². The van der Waals surface area contributed by atoms with Gasteiger partial charge >= 0.3 is 25.7 Å². The number of hydrogen-bond donors (Lipinski definition) is 3. The van der Waals surface area contributed by atoms with Crippen molar-refractivity contribution in [3.05, 3.63) is 0 Å². The summed E-state index contributed by atoms with van der Waals surface area (Å²) in [5.41, 5.74) is 0. The third kappa shape index (κ3) is 30.3. The summed E-state index contributed by atoms with van der Waals surface area (Å²) < 4.78 is 32.9. The number of carboxylic acids is 1. The van der Waals surface area contributed by atoms with E-state index in [2.05, 4.69) is 19.2 Å². The van der Waals surface area contributed by atoms with E-state index < -0.39 is 51.1 Å². The second kappa shape index (κ2) is 31.7. The molecule has 0 amide bonds. The van der Waals surface area contributed by atoms with E-state index in [9.17, 15) is 23.8 Å². The molecule has 0 saturated heterocycles. The SMILES string of the molecule is CCCCCCCCCCCCCC(=O)OCC(COP(=O)(O)OCC(NC)C(=O)O)OC(=O)CCCCCCCCCCCCC. The van der Waals surface area contributed by atoms with Crippen LogP contribution >= 0.6 is 7.82 Å². The lowest BCUT2D eigenvalue weighted by Gasteiger charge is -2.20. The minimum Gasteiger partial charge on any atom is -0.480 e. The summed E-state index contributed by atoms with van der Waals surface area (Å²) in [6.45, 7) is 2.94. The van der Waals surface area contributed by atoms with Crippen LogP contribution in [0.25, 0.3) is 0 Å². The third-order valence-corrected chi connectivity index (χ3v) is 9.12. The highest BCUT2D eigenvalue weighted by Gasteiger charge is 2.28. The molecule has 47 heavy (non-hydrogen) atoms. The number of ether oxygens (including phenoxy) is 2. The van der Waals surface area contributed by atoms with Crippen molar-refractivity contribution in [2.24, 2.45) is 0 Å². The normalized spacial score (nSPS) is 14.0. The largest absolute Gasteiger partial charge is 0.480 e. The van der Waals surface area contributed by atoms with Gasteiger partial charge in [0, 0.05) is 12.8 Å². The number of carbonyl (C=O) groups is 3. The van der Waals surface area contributed by atoms with Gasteiger partial charge in [0.2, 0.25) is 0 Å². The minimum atomic E-state index is -4.67. The van der Waals surface area contributed by atoms with Crippen molar-refractivity contribution in [3.8, 4) is 0 Å². The summed E-state index contributed by atoms with van der Waals surface area (Å²) in [6.07, 6.45) is 24.8. The molecule has 0 spiro atoms. The number of aliphatic carboxylic acids is 1. The number of nitrogens with one attached hydrogen (secondary N) is 1. The molecule has 0 aliphatic carbocycles. The van der Waals surface area contributed by atoms with Crippen molar-refractivity contribution in [1.82, 2.24) is 5.32 Å². The Labute approximate surface area is 285 Å². The van der Waals surface area contributed by atoms with Gasteiger partial charge in [0.25, 0.3) is 0 Å². The Morgan fingerprint density at radius 1 is 0.596 bits per heavy atom. The zero-order valence-corrected chi connectivity index (χ0v) is 30.7. The van der Waals surface area contributed by atoms with Crippen molar-refractivity contribution >= 4 is 25.7 Å². The highest BCUT2D eigenvalue weighted by molar-refractivity contribution is 7.47. The van der Waals surface area contributed by atoms with Crippen molar-refractivity contribution in [2.75, 3.05) is 26.9 Å². The molecule has 0 heterocycles. The fourth-order valence-corrected chi connectivity index (χ4v) is 5.91. The summed E-state index contributed by atoms with van der Waals surface area (Å²) in [7, 11) is -3.29. The molecule has 0 bridgehead atoms.